The maximum atomic E-state index is 11.3. The summed E-state index contributed by atoms with van der Waals surface area (Å²) in [6, 6.07) is 7.75. The Labute approximate surface area is 111 Å². The molecule has 1 aromatic heterocycles. The second-order valence-corrected chi connectivity index (χ2v) is 3.91. The molecule has 0 bridgehead atoms. The zero-order valence-electron chi connectivity index (χ0n) is 10.4. The Bertz CT molecular complexity index is 545. The van der Waals surface area contributed by atoms with Gasteiger partial charge in [0.15, 0.2) is 0 Å². The Morgan fingerprint density at radius 3 is 2.79 bits per heavy atom. The van der Waals surface area contributed by atoms with E-state index in [9.17, 15) is 4.79 Å². The maximum absolute atomic E-state index is 11.3. The van der Waals surface area contributed by atoms with Gasteiger partial charge in [-0.25, -0.2) is 4.98 Å². The fourth-order valence-electron chi connectivity index (χ4n) is 1.58. The zero-order valence-corrected chi connectivity index (χ0v) is 10.4. The van der Waals surface area contributed by atoms with Crippen LogP contribution in [0.3, 0.4) is 0 Å². The molecule has 1 aromatic carbocycles. The number of benzene rings is 1. The van der Waals surface area contributed by atoms with Gasteiger partial charge in [-0.2, -0.15) is 0 Å². The molecule has 0 unspecified atom stereocenters. The number of carbonyl (C=O) groups is 1. The normalized spacial score (nSPS) is 10.8. The number of nitrogens with one attached hydrogen (secondary N) is 1. The zero-order chi connectivity index (χ0) is 13.5. The molecular formula is C14H15N3O2. The summed E-state index contributed by atoms with van der Waals surface area (Å²) in [5, 5.41) is 11.1. The molecule has 0 saturated heterocycles. The van der Waals surface area contributed by atoms with Gasteiger partial charge in [0.1, 0.15) is 0 Å². The molecule has 0 aliphatic heterocycles. The molecular weight excluding hydrogens is 242 g/mol. The lowest BCUT2D eigenvalue weighted by atomic mass is 10.2. The lowest BCUT2D eigenvalue weighted by Gasteiger charge is -2.02. The molecule has 98 valence electrons. The fourth-order valence-corrected chi connectivity index (χ4v) is 1.58. The minimum absolute atomic E-state index is 0.0564. The molecule has 0 aliphatic carbocycles. The van der Waals surface area contributed by atoms with E-state index >= 15 is 0 Å². The Morgan fingerprint density at radius 1 is 1.37 bits per heavy atom. The minimum Gasteiger partial charge on any atom is -0.395 e. The molecule has 0 saturated carbocycles. The molecule has 2 aromatic rings. The molecule has 5 nitrogen and oxygen atoms in total. The van der Waals surface area contributed by atoms with E-state index in [1.54, 1.807) is 18.6 Å². The highest BCUT2D eigenvalue weighted by molar-refractivity contribution is 5.91. The Morgan fingerprint density at radius 2 is 2.16 bits per heavy atom. The molecule has 0 aliphatic rings. The number of amides is 1. The van der Waals surface area contributed by atoms with Crippen molar-refractivity contribution in [1.29, 1.82) is 0 Å². The van der Waals surface area contributed by atoms with Crippen molar-refractivity contribution in [2.45, 2.75) is 0 Å². The monoisotopic (exact) mass is 257 g/mol. The highest BCUT2D eigenvalue weighted by Gasteiger charge is 1.96. The van der Waals surface area contributed by atoms with Gasteiger partial charge in [-0.05, 0) is 23.8 Å². The number of rotatable bonds is 5. The number of aliphatic hydroxyl groups excluding tert-OH is 1. The standard InChI is InChI=1S/C14H15N3O2/c18-10-8-16-14(19)6-3-12-1-4-13(5-2-12)17-9-7-15-11-17/h1-7,9,11,18H,8,10H2,(H,16,19)/b6-3+. The first kappa shape index (κ1) is 13.0. The third kappa shape index (κ3) is 3.79. The number of aromatic nitrogens is 2. The van der Waals surface area contributed by atoms with Gasteiger partial charge >= 0.3 is 0 Å². The third-order valence-electron chi connectivity index (χ3n) is 2.53. The lowest BCUT2D eigenvalue weighted by molar-refractivity contribution is -0.116. The largest absolute Gasteiger partial charge is 0.395 e. The van der Waals surface area contributed by atoms with Gasteiger partial charge in [0.05, 0.1) is 12.9 Å². The van der Waals surface area contributed by atoms with Gasteiger partial charge in [-0.15, -0.1) is 0 Å². The van der Waals surface area contributed by atoms with E-state index in [0.29, 0.717) is 0 Å². The predicted molar refractivity (Wildman–Crippen MR) is 72.7 cm³/mol. The van der Waals surface area contributed by atoms with E-state index in [1.165, 1.54) is 6.08 Å². The molecule has 2 N–H and O–H groups in total. The number of aliphatic hydroxyl groups is 1. The van der Waals surface area contributed by atoms with Crippen LogP contribution in [0.1, 0.15) is 5.56 Å². The van der Waals surface area contributed by atoms with Gasteiger partial charge in [0.2, 0.25) is 5.91 Å². The van der Waals surface area contributed by atoms with Crippen LogP contribution in [-0.4, -0.2) is 33.7 Å². The van der Waals surface area contributed by atoms with Gasteiger partial charge in [-0.3, -0.25) is 4.79 Å². The quantitative estimate of drug-likeness (QED) is 0.785. The summed E-state index contributed by atoms with van der Waals surface area (Å²) >= 11 is 0. The molecule has 0 radical (unpaired) electrons. The molecule has 2 rings (SSSR count). The van der Waals surface area contributed by atoms with Crippen molar-refractivity contribution in [2.75, 3.05) is 13.2 Å². The van der Waals surface area contributed by atoms with Crippen molar-refractivity contribution < 1.29 is 9.90 Å². The summed E-state index contributed by atoms with van der Waals surface area (Å²) in [6.07, 6.45) is 8.49. The van der Waals surface area contributed by atoms with Crippen molar-refractivity contribution in [2.24, 2.45) is 0 Å². The van der Waals surface area contributed by atoms with Crippen LogP contribution in [0.15, 0.2) is 49.1 Å². The van der Waals surface area contributed by atoms with Crippen molar-refractivity contribution in [3.63, 3.8) is 0 Å². The predicted octanol–water partition coefficient (Wildman–Crippen LogP) is 0.994. The van der Waals surface area contributed by atoms with Gasteiger partial charge < -0.3 is 15.0 Å². The smallest absolute Gasteiger partial charge is 0.244 e. The highest BCUT2D eigenvalue weighted by atomic mass is 16.3. The van der Waals surface area contributed by atoms with Crippen LogP contribution >= 0.6 is 0 Å². The van der Waals surface area contributed by atoms with Crippen LogP contribution in [0.25, 0.3) is 11.8 Å². The average molecular weight is 257 g/mol. The van der Waals surface area contributed by atoms with Crippen LogP contribution in [-0.2, 0) is 4.79 Å². The SMILES string of the molecule is O=C(/C=C/c1ccc(-n2ccnc2)cc1)NCCO. The van der Waals surface area contributed by atoms with Crippen molar-refractivity contribution in [3.05, 3.63) is 54.6 Å². The number of hydrogen-bond donors (Lipinski definition) is 2. The molecule has 0 fully saturated rings. The van der Waals surface area contributed by atoms with E-state index in [4.69, 9.17) is 5.11 Å². The van der Waals surface area contributed by atoms with Crippen molar-refractivity contribution >= 4 is 12.0 Å². The summed E-state index contributed by atoms with van der Waals surface area (Å²) in [5.74, 6) is -0.215. The highest BCUT2D eigenvalue weighted by Crippen LogP contribution is 2.10. The summed E-state index contributed by atoms with van der Waals surface area (Å²) in [6.45, 7) is 0.210. The minimum atomic E-state index is -0.215. The van der Waals surface area contributed by atoms with E-state index in [0.717, 1.165) is 11.3 Å². The second-order valence-electron chi connectivity index (χ2n) is 3.91. The molecule has 0 atom stereocenters. The van der Waals surface area contributed by atoms with E-state index in [-0.39, 0.29) is 19.1 Å². The van der Waals surface area contributed by atoms with Crippen LogP contribution in [0.4, 0.5) is 0 Å². The average Bonchev–Trinajstić information content (AvgIpc) is 2.97. The Balaban J connectivity index is 1.99. The lowest BCUT2D eigenvalue weighted by Crippen LogP contribution is -2.24. The van der Waals surface area contributed by atoms with Crippen LogP contribution < -0.4 is 5.32 Å². The van der Waals surface area contributed by atoms with E-state index in [1.807, 2.05) is 35.0 Å². The van der Waals surface area contributed by atoms with Crippen LogP contribution in [0.2, 0.25) is 0 Å². The number of carbonyl (C=O) groups excluding carboxylic acids is 1. The summed E-state index contributed by atoms with van der Waals surface area (Å²) in [5.41, 5.74) is 1.95. The molecule has 0 spiro atoms. The first-order valence-corrected chi connectivity index (χ1v) is 5.95. The summed E-state index contributed by atoms with van der Waals surface area (Å²) in [4.78, 5) is 15.3. The molecule has 1 heterocycles. The molecule has 1 amide bonds. The van der Waals surface area contributed by atoms with Gasteiger partial charge in [-0.1, -0.05) is 12.1 Å². The fraction of sp³-hybridized carbons (Fsp3) is 0.143. The van der Waals surface area contributed by atoms with Crippen LogP contribution in [0.5, 0.6) is 0 Å². The van der Waals surface area contributed by atoms with E-state index in [2.05, 4.69) is 10.3 Å². The van der Waals surface area contributed by atoms with Crippen LogP contribution in [0, 0.1) is 0 Å². The maximum Gasteiger partial charge on any atom is 0.244 e. The summed E-state index contributed by atoms with van der Waals surface area (Å²) < 4.78 is 1.90. The van der Waals surface area contributed by atoms with Crippen molar-refractivity contribution in [1.82, 2.24) is 14.9 Å². The number of nitrogens with zero attached hydrogens (tertiary/aromatic N) is 2. The molecule has 5 heteroatoms. The Hall–Kier alpha value is -2.40. The second kappa shape index (κ2) is 6.51. The topological polar surface area (TPSA) is 67.2 Å². The number of hydrogen-bond acceptors (Lipinski definition) is 3. The molecule has 19 heavy (non-hydrogen) atoms. The number of imidazole rings is 1. The first-order valence-electron chi connectivity index (χ1n) is 5.95. The van der Waals surface area contributed by atoms with Crippen molar-refractivity contribution in [3.8, 4) is 5.69 Å². The summed E-state index contributed by atoms with van der Waals surface area (Å²) in [7, 11) is 0. The third-order valence-corrected chi connectivity index (χ3v) is 2.53. The first-order chi connectivity index (χ1) is 9.29. The van der Waals surface area contributed by atoms with Gasteiger partial charge in [0, 0.05) is 30.7 Å². The van der Waals surface area contributed by atoms with E-state index < -0.39 is 0 Å². The van der Waals surface area contributed by atoms with Gasteiger partial charge in [0.25, 0.3) is 0 Å². The Kier molecular flexibility index (Phi) is 4.47.